The second-order valence-corrected chi connectivity index (χ2v) is 4.08. The molecule has 1 N–H and O–H groups in total. The van der Waals surface area contributed by atoms with E-state index in [2.05, 4.69) is 28.7 Å². The van der Waals surface area contributed by atoms with Crippen LogP contribution in [-0.2, 0) is 11.3 Å². The average molecular weight is 209 g/mol. The molecule has 4 nitrogen and oxygen atoms in total. The molecule has 1 saturated heterocycles. The van der Waals surface area contributed by atoms with Crippen molar-refractivity contribution in [1.29, 1.82) is 0 Å². The highest BCUT2D eigenvalue weighted by molar-refractivity contribution is 5.27. The van der Waals surface area contributed by atoms with Gasteiger partial charge in [0.25, 0.3) is 0 Å². The number of nitrogens with one attached hydrogen (secondary N) is 1. The van der Waals surface area contributed by atoms with Gasteiger partial charge in [0.1, 0.15) is 0 Å². The Morgan fingerprint density at radius 2 is 2.53 bits per heavy atom. The monoisotopic (exact) mass is 209 g/mol. The van der Waals surface area contributed by atoms with Crippen LogP contribution in [0.3, 0.4) is 0 Å². The molecular weight excluding hydrogens is 190 g/mol. The normalized spacial score (nSPS) is 26.5. The average Bonchev–Trinajstić information content (AvgIpc) is 2.65. The van der Waals surface area contributed by atoms with Crippen LogP contribution in [-0.4, -0.2) is 28.3 Å². The zero-order valence-electron chi connectivity index (χ0n) is 9.44. The highest BCUT2D eigenvalue weighted by atomic mass is 16.5. The first-order chi connectivity index (χ1) is 7.29. The Balaban J connectivity index is 1.96. The maximum Gasteiger partial charge on any atom is 0.202 e. The molecule has 1 aromatic rings. The van der Waals surface area contributed by atoms with Gasteiger partial charge < -0.3 is 14.6 Å². The highest BCUT2D eigenvalue weighted by Gasteiger charge is 2.20. The Hall–Kier alpha value is -1.03. The van der Waals surface area contributed by atoms with Crippen LogP contribution >= 0.6 is 0 Å². The summed E-state index contributed by atoms with van der Waals surface area (Å²) >= 11 is 0. The molecule has 4 heteroatoms. The van der Waals surface area contributed by atoms with Crippen molar-refractivity contribution in [1.82, 2.24) is 9.55 Å². The molecule has 0 spiro atoms. The summed E-state index contributed by atoms with van der Waals surface area (Å²) in [7, 11) is 0. The first-order valence-electron chi connectivity index (χ1n) is 5.69. The zero-order chi connectivity index (χ0) is 10.7. The number of aromatic nitrogens is 2. The van der Waals surface area contributed by atoms with Gasteiger partial charge in [-0.2, -0.15) is 0 Å². The van der Waals surface area contributed by atoms with Gasteiger partial charge in [0.2, 0.25) is 5.95 Å². The molecule has 2 rings (SSSR count). The van der Waals surface area contributed by atoms with Crippen LogP contribution in [0, 0.1) is 0 Å². The lowest BCUT2D eigenvalue weighted by molar-refractivity contribution is 0.0231. The number of rotatable bonds is 3. The molecule has 1 aliphatic rings. The lowest BCUT2D eigenvalue weighted by Gasteiger charge is -2.28. The van der Waals surface area contributed by atoms with Crippen LogP contribution in [0.15, 0.2) is 12.4 Å². The number of nitrogens with zero attached hydrogens (tertiary/aromatic N) is 2. The van der Waals surface area contributed by atoms with Gasteiger partial charge in [0, 0.05) is 31.6 Å². The standard InChI is InChI=1S/C11H19N3O/c1-3-14-6-5-12-11(14)13-10-4-7-15-9(2)8-10/h5-6,9-10H,3-4,7-8H2,1-2H3,(H,12,13). The predicted octanol–water partition coefficient (Wildman–Crippen LogP) is 1.88. The summed E-state index contributed by atoms with van der Waals surface area (Å²) in [5, 5.41) is 3.48. The van der Waals surface area contributed by atoms with Crippen LogP contribution in [0.5, 0.6) is 0 Å². The number of anilines is 1. The maximum absolute atomic E-state index is 5.52. The van der Waals surface area contributed by atoms with E-state index >= 15 is 0 Å². The van der Waals surface area contributed by atoms with Gasteiger partial charge in [-0.25, -0.2) is 4.98 Å². The summed E-state index contributed by atoms with van der Waals surface area (Å²) in [6.45, 7) is 6.06. The molecule has 2 heterocycles. The largest absolute Gasteiger partial charge is 0.378 e. The van der Waals surface area contributed by atoms with Gasteiger partial charge >= 0.3 is 0 Å². The third-order valence-corrected chi connectivity index (χ3v) is 2.87. The quantitative estimate of drug-likeness (QED) is 0.826. The van der Waals surface area contributed by atoms with Crippen molar-refractivity contribution in [3.8, 4) is 0 Å². The minimum Gasteiger partial charge on any atom is -0.378 e. The summed E-state index contributed by atoms with van der Waals surface area (Å²) in [5.74, 6) is 0.983. The minimum atomic E-state index is 0.362. The van der Waals surface area contributed by atoms with Crippen molar-refractivity contribution in [2.45, 2.75) is 45.4 Å². The molecule has 0 bridgehead atoms. The first kappa shape index (κ1) is 10.5. The first-order valence-corrected chi connectivity index (χ1v) is 5.69. The highest BCUT2D eigenvalue weighted by Crippen LogP contribution is 2.17. The van der Waals surface area contributed by atoms with Crippen molar-refractivity contribution in [3.05, 3.63) is 12.4 Å². The molecule has 2 atom stereocenters. The molecule has 0 amide bonds. The van der Waals surface area contributed by atoms with E-state index in [9.17, 15) is 0 Å². The fraction of sp³-hybridized carbons (Fsp3) is 0.727. The Kier molecular flexibility index (Phi) is 3.26. The molecule has 1 aliphatic heterocycles. The van der Waals surface area contributed by atoms with E-state index in [1.807, 2.05) is 12.4 Å². The van der Waals surface area contributed by atoms with Crippen LogP contribution in [0.25, 0.3) is 0 Å². The van der Waals surface area contributed by atoms with Crippen LogP contribution in [0.4, 0.5) is 5.95 Å². The summed E-state index contributed by atoms with van der Waals surface area (Å²) in [5.41, 5.74) is 0. The molecular formula is C11H19N3O. The molecule has 84 valence electrons. The van der Waals surface area contributed by atoms with E-state index in [-0.39, 0.29) is 0 Å². The molecule has 0 saturated carbocycles. The SMILES string of the molecule is CCn1ccnc1NC1CCOC(C)C1. The molecule has 0 aliphatic carbocycles. The summed E-state index contributed by atoms with van der Waals surface area (Å²) in [4.78, 5) is 4.32. The number of hydrogen-bond acceptors (Lipinski definition) is 3. The van der Waals surface area contributed by atoms with Crippen molar-refractivity contribution in [3.63, 3.8) is 0 Å². The van der Waals surface area contributed by atoms with Gasteiger partial charge in [-0.3, -0.25) is 0 Å². The topological polar surface area (TPSA) is 39.1 Å². The summed E-state index contributed by atoms with van der Waals surface area (Å²) < 4.78 is 7.64. The Morgan fingerprint density at radius 1 is 1.67 bits per heavy atom. The van der Waals surface area contributed by atoms with Gasteiger partial charge in [-0.1, -0.05) is 0 Å². The molecule has 0 radical (unpaired) electrons. The van der Waals surface area contributed by atoms with Crippen molar-refractivity contribution >= 4 is 5.95 Å². The fourth-order valence-electron chi connectivity index (χ4n) is 2.02. The fourth-order valence-corrected chi connectivity index (χ4v) is 2.02. The van der Waals surface area contributed by atoms with Crippen molar-refractivity contribution in [2.24, 2.45) is 0 Å². The zero-order valence-corrected chi connectivity index (χ0v) is 9.44. The van der Waals surface area contributed by atoms with Gasteiger partial charge in [0.05, 0.1) is 6.10 Å². The maximum atomic E-state index is 5.52. The number of ether oxygens (including phenoxy) is 1. The number of hydrogen-bond donors (Lipinski definition) is 1. The lowest BCUT2D eigenvalue weighted by atomic mass is 10.0. The van der Waals surface area contributed by atoms with Crippen LogP contribution in [0.1, 0.15) is 26.7 Å². The van der Waals surface area contributed by atoms with Gasteiger partial charge in [-0.15, -0.1) is 0 Å². The second kappa shape index (κ2) is 4.66. The minimum absolute atomic E-state index is 0.362. The van der Waals surface area contributed by atoms with E-state index in [0.717, 1.165) is 31.9 Å². The number of aryl methyl sites for hydroxylation is 1. The Bertz CT molecular complexity index is 311. The van der Waals surface area contributed by atoms with Crippen molar-refractivity contribution in [2.75, 3.05) is 11.9 Å². The van der Waals surface area contributed by atoms with E-state index in [1.54, 1.807) is 0 Å². The van der Waals surface area contributed by atoms with Gasteiger partial charge in [0.15, 0.2) is 0 Å². The Labute approximate surface area is 90.6 Å². The Morgan fingerprint density at radius 3 is 3.27 bits per heavy atom. The molecule has 1 aromatic heterocycles. The third-order valence-electron chi connectivity index (χ3n) is 2.87. The van der Waals surface area contributed by atoms with E-state index in [0.29, 0.717) is 12.1 Å². The molecule has 0 aromatic carbocycles. The molecule has 15 heavy (non-hydrogen) atoms. The van der Waals surface area contributed by atoms with Crippen LogP contribution in [0.2, 0.25) is 0 Å². The smallest absolute Gasteiger partial charge is 0.202 e. The molecule has 1 fully saturated rings. The molecule has 2 unspecified atom stereocenters. The summed E-state index contributed by atoms with van der Waals surface area (Å²) in [6.07, 6.45) is 6.35. The number of imidazole rings is 1. The lowest BCUT2D eigenvalue weighted by Crippen LogP contribution is -2.33. The second-order valence-electron chi connectivity index (χ2n) is 4.08. The predicted molar refractivity (Wildman–Crippen MR) is 60.0 cm³/mol. The third kappa shape index (κ3) is 2.50. The summed E-state index contributed by atoms with van der Waals surface area (Å²) in [6, 6.07) is 0.501. The van der Waals surface area contributed by atoms with Crippen molar-refractivity contribution < 1.29 is 4.74 Å². The van der Waals surface area contributed by atoms with E-state index in [4.69, 9.17) is 4.74 Å². The van der Waals surface area contributed by atoms with Crippen LogP contribution < -0.4 is 5.32 Å². The van der Waals surface area contributed by atoms with Gasteiger partial charge in [-0.05, 0) is 26.7 Å². The van der Waals surface area contributed by atoms with E-state index in [1.165, 1.54) is 0 Å². The van der Waals surface area contributed by atoms with E-state index < -0.39 is 0 Å².